The summed E-state index contributed by atoms with van der Waals surface area (Å²) in [7, 11) is 1.31. The topological polar surface area (TPSA) is 73.9 Å². The highest BCUT2D eigenvalue weighted by atomic mass is 16.7. The van der Waals surface area contributed by atoms with Gasteiger partial charge in [-0.3, -0.25) is 4.84 Å². The van der Waals surface area contributed by atoms with Crippen molar-refractivity contribution in [3.05, 3.63) is 66.5 Å². The van der Waals surface area contributed by atoms with E-state index in [1.807, 2.05) is 37.3 Å². The number of hydrogen-bond acceptors (Lipinski definition) is 6. The summed E-state index contributed by atoms with van der Waals surface area (Å²) < 4.78 is 9.36. The highest BCUT2D eigenvalue weighted by molar-refractivity contribution is 5.88. The van der Waals surface area contributed by atoms with Gasteiger partial charge in [-0.25, -0.2) is 15.1 Å². The number of nitrogens with one attached hydrogen (secondary N) is 1. The van der Waals surface area contributed by atoms with E-state index in [9.17, 15) is 9.59 Å². The molecular formula is C19H25NO5. The molecule has 0 aromatic heterocycles. The Bertz CT molecular complexity index is 593. The maximum Gasteiger partial charge on any atom is 0.338 e. The van der Waals surface area contributed by atoms with Gasteiger partial charge in [0.2, 0.25) is 0 Å². The molecule has 0 amide bonds. The van der Waals surface area contributed by atoms with Crippen molar-refractivity contribution in [2.45, 2.75) is 13.8 Å². The van der Waals surface area contributed by atoms with Crippen LogP contribution < -0.4 is 5.48 Å². The largest absolute Gasteiger partial charge is 0.466 e. The quantitative estimate of drug-likeness (QED) is 0.256. The van der Waals surface area contributed by atoms with Gasteiger partial charge in [0, 0.05) is 18.2 Å². The van der Waals surface area contributed by atoms with Crippen LogP contribution in [0, 0.1) is 0 Å². The second-order valence-corrected chi connectivity index (χ2v) is 4.71. The van der Waals surface area contributed by atoms with Gasteiger partial charge >= 0.3 is 11.9 Å². The number of methoxy groups -OCH3 is 1. The van der Waals surface area contributed by atoms with E-state index in [4.69, 9.17) is 9.57 Å². The van der Waals surface area contributed by atoms with Crippen molar-refractivity contribution in [3.63, 3.8) is 0 Å². The van der Waals surface area contributed by atoms with Crippen LogP contribution in [0.2, 0.25) is 0 Å². The molecule has 1 rings (SSSR count). The molecule has 0 spiro atoms. The molecular weight excluding hydrogens is 322 g/mol. The molecule has 0 saturated carbocycles. The van der Waals surface area contributed by atoms with Crippen LogP contribution in [-0.2, 0) is 23.9 Å². The lowest BCUT2D eigenvalue weighted by Crippen LogP contribution is -2.17. The van der Waals surface area contributed by atoms with Crippen molar-refractivity contribution in [1.82, 2.24) is 5.48 Å². The normalized spacial score (nSPS) is 10.1. The first-order chi connectivity index (χ1) is 11.9. The Balaban J connectivity index is 0.000000823. The Morgan fingerprint density at radius 3 is 2.32 bits per heavy atom. The molecule has 0 aliphatic heterocycles. The Kier molecular flexibility index (Phi) is 12.2. The van der Waals surface area contributed by atoms with Crippen LogP contribution in [0.1, 0.15) is 19.4 Å². The lowest BCUT2D eigenvalue weighted by molar-refractivity contribution is -0.136. The molecule has 1 aromatic rings. The van der Waals surface area contributed by atoms with E-state index in [2.05, 4.69) is 23.4 Å². The number of ether oxygens (including phenoxy) is 2. The molecule has 6 nitrogen and oxygen atoms in total. The second kappa shape index (κ2) is 13.7. The predicted octanol–water partition coefficient (Wildman–Crippen LogP) is 3.03. The second-order valence-electron chi connectivity index (χ2n) is 4.71. The van der Waals surface area contributed by atoms with Crippen LogP contribution >= 0.6 is 0 Å². The monoisotopic (exact) mass is 347 g/mol. The first-order valence-corrected chi connectivity index (χ1v) is 7.62. The summed E-state index contributed by atoms with van der Waals surface area (Å²) in [6.45, 7) is 11.1. The van der Waals surface area contributed by atoms with Crippen molar-refractivity contribution >= 4 is 18.0 Å². The minimum atomic E-state index is -0.456. The fourth-order valence-electron chi connectivity index (χ4n) is 1.35. The molecule has 1 N–H and O–H groups in total. The summed E-state index contributed by atoms with van der Waals surface area (Å²) in [6, 6.07) is 9.58. The van der Waals surface area contributed by atoms with Crippen molar-refractivity contribution in [2.24, 2.45) is 0 Å². The van der Waals surface area contributed by atoms with Gasteiger partial charge in [-0.1, -0.05) is 50.4 Å². The molecule has 0 atom stereocenters. The van der Waals surface area contributed by atoms with Crippen LogP contribution in [0.5, 0.6) is 0 Å². The van der Waals surface area contributed by atoms with Gasteiger partial charge in [0.15, 0.2) is 0 Å². The third-order valence-electron chi connectivity index (χ3n) is 2.53. The summed E-state index contributed by atoms with van der Waals surface area (Å²) in [5.41, 5.74) is 4.00. The first kappa shape index (κ1) is 22.3. The molecule has 0 heterocycles. The van der Waals surface area contributed by atoms with E-state index >= 15 is 0 Å². The Labute approximate surface area is 148 Å². The van der Waals surface area contributed by atoms with Gasteiger partial charge in [-0.05, 0) is 18.6 Å². The number of rotatable bonds is 8. The highest BCUT2D eigenvalue weighted by Gasteiger charge is 2.08. The summed E-state index contributed by atoms with van der Waals surface area (Å²) >= 11 is 0. The van der Waals surface area contributed by atoms with E-state index in [0.717, 1.165) is 11.6 Å². The molecule has 0 aliphatic carbocycles. The number of benzene rings is 1. The lowest BCUT2D eigenvalue weighted by atomic mass is 10.2. The summed E-state index contributed by atoms with van der Waals surface area (Å²) in [6.07, 6.45) is 2.87. The zero-order valence-electron chi connectivity index (χ0n) is 14.9. The highest BCUT2D eigenvalue weighted by Crippen LogP contribution is 2.10. The van der Waals surface area contributed by atoms with Crippen LogP contribution in [-0.4, -0.2) is 32.2 Å². The van der Waals surface area contributed by atoms with Crippen LogP contribution in [0.15, 0.2) is 60.9 Å². The molecule has 0 fully saturated rings. The number of esters is 2. The van der Waals surface area contributed by atoms with Crippen LogP contribution in [0.3, 0.4) is 0 Å². The van der Waals surface area contributed by atoms with E-state index in [-0.39, 0.29) is 6.61 Å². The SMILES string of the molecule is C=C(C)C(=O)OC(=Cc1ccccc1)CONCC.C=CC(=O)OC. The van der Waals surface area contributed by atoms with Crippen LogP contribution in [0.4, 0.5) is 0 Å². The average Bonchev–Trinajstić information content (AvgIpc) is 2.62. The Morgan fingerprint density at radius 2 is 1.88 bits per heavy atom. The van der Waals surface area contributed by atoms with E-state index in [0.29, 0.717) is 17.9 Å². The van der Waals surface area contributed by atoms with E-state index in [1.54, 1.807) is 13.0 Å². The van der Waals surface area contributed by atoms with Crippen molar-refractivity contribution in [1.29, 1.82) is 0 Å². The van der Waals surface area contributed by atoms with Gasteiger partial charge in [0.25, 0.3) is 0 Å². The summed E-state index contributed by atoms with van der Waals surface area (Å²) in [5.74, 6) is -0.419. The fourth-order valence-corrected chi connectivity index (χ4v) is 1.35. The van der Waals surface area contributed by atoms with Crippen molar-refractivity contribution in [3.8, 4) is 0 Å². The maximum absolute atomic E-state index is 11.5. The predicted molar refractivity (Wildman–Crippen MR) is 97.2 cm³/mol. The first-order valence-electron chi connectivity index (χ1n) is 7.62. The molecule has 0 bridgehead atoms. The molecule has 136 valence electrons. The van der Waals surface area contributed by atoms with Gasteiger partial charge in [-0.15, -0.1) is 0 Å². The average molecular weight is 347 g/mol. The minimum absolute atomic E-state index is 0.168. The Morgan fingerprint density at radius 1 is 1.24 bits per heavy atom. The van der Waals surface area contributed by atoms with Crippen molar-refractivity contribution < 1.29 is 23.9 Å². The summed E-state index contributed by atoms with van der Waals surface area (Å²) in [4.78, 5) is 26.6. The van der Waals surface area contributed by atoms with Gasteiger partial charge in [-0.2, -0.15) is 0 Å². The fraction of sp³-hybridized carbons (Fsp3) is 0.263. The maximum atomic E-state index is 11.5. The minimum Gasteiger partial charge on any atom is -0.466 e. The van der Waals surface area contributed by atoms with Gasteiger partial charge < -0.3 is 9.47 Å². The molecule has 6 heteroatoms. The van der Waals surface area contributed by atoms with Gasteiger partial charge in [0.1, 0.15) is 12.4 Å². The lowest BCUT2D eigenvalue weighted by Gasteiger charge is -2.09. The van der Waals surface area contributed by atoms with Crippen molar-refractivity contribution in [2.75, 3.05) is 20.3 Å². The number of hydroxylamine groups is 1. The number of carbonyl (C=O) groups excluding carboxylic acids is 2. The zero-order chi connectivity index (χ0) is 19.1. The number of carbonyl (C=O) groups is 2. The smallest absolute Gasteiger partial charge is 0.338 e. The molecule has 0 saturated heterocycles. The molecule has 1 aromatic carbocycles. The Hall–Kier alpha value is -2.70. The zero-order valence-corrected chi connectivity index (χ0v) is 14.9. The molecule has 0 radical (unpaired) electrons. The van der Waals surface area contributed by atoms with Gasteiger partial charge in [0.05, 0.1) is 7.11 Å². The number of hydrogen-bond donors (Lipinski definition) is 1. The third kappa shape index (κ3) is 11.5. The molecule has 0 unspecified atom stereocenters. The molecule has 25 heavy (non-hydrogen) atoms. The molecule has 0 aliphatic rings. The van der Waals surface area contributed by atoms with E-state index < -0.39 is 11.9 Å². The summed E-state index contributed by atoms with van der Waals surface area (Å²) in [5, 5.41) is 0. The third-order valence-corrected chi connectivity index (χ3v) is 2.53. The standard InChI is InChI=1S/C15H19NO3.C4H6O2/c1-4-16-18-11-14(19-15(17)12(2)3)10-13-8-6-5-7-9-13;1-3-4(5)6-2/h5-10,16H,2,4,11H2,1,3H3;3H,1H2,2H3. The van der Waals surface area contributed by atoms with Crippen LogP contribution in [0.25, 0.3) is 6.08 Å². The van der Waals surface area contributed by atoms with E-state index in [1.165, 1.54) is 7.11 Å².